The third-order valence-electron chi connectivity index (χ3n) is 3.21. The number of halogens is 1. The minimum atomic E-state index is -3.30. The molecule has 0 saturated heterocycles. The molecule has 2 rings (SSSR count). The van der Waals surface area contributed by atoms with Crippen LogP contribution in [0.1, 0.15) is 11.7 Å². The van der Waals surface area contributed by atoms with Gasteiger partial charge in [-0.25, -0.2) is 13.2 Å². The Bertz CT molecular complexity index is 835. The number of hydrogen-bond donors (Lipinski definition) is 1. The van der Waals surface area contributed by atoms with Crippen LogP contribution in [-0.4, -0.2) is 34.7 Å². The highest BCUT2D eigenvalue weighted by molar-refractivity contribution is 9.10. The average molecular weight is 363 g/mol. The topological polar surface area (TPSA) is 81.3 Å². The van der Waals surface area contributed by atoms with Gasteiger partial charge < -0.3 is 5.11 Å². The van der Waals surface area contributed by atoms with Crippen LogP contribution < -0.4 is 5.69 Å². The summed E-state index contributed by atoms with van der Waals surface area (Å²) in [6.45, 7) is 0. The Morgan fingerprint density at radius 2 is 1.75 bits per heavy atom. The second-order valence-electron chi connectivity index (χ2n) is 4.87. The zero-order chi connectivity index (χ0) is 15.2. The summed E-state index contributed by atoms with van der Waals surface area (Å²) in [4.78, 5) is 11.9. The number of aliphatic hydroxyl groups excluding tert-OH is 1. The summed E-state index contributed by atoms with van der Waals surface area (Å²) in [5.74, 6) is -0.363. The van der Waals surface area contributed by atoms with Crippen molar-refractivity contribution >= 4 is 36.8 Å². The summed E-state index contributed by atoms with van der Waals surface area (Å²) in [5.41, 5.74) is 1.62. The predicted octanol–water partition coefficient (Wildman–Crippen LogP) is 0.717. The Morgan fingerprint density at radius 3 is 2.25 bits per heavy atom. The van der Waals surface area contributed by atoms with E-state index in [0.717, 1.165) is 6.26 Å². The molecule has 0 aliphatic carbocycles. The average Bonchev–Trinajstić information content (AvgIpc) is 2.51. The quantitative estimate of drug-likeness (QED) is 0.871. The zero-order valence-electron chi connectivity index (χ0n) is 11.3. The highest BCUT2D eigenvalue weighted by atomic mass is 79.9. The van der Waals surface area contributed by atoms with Crippen LogP contribution in [0.25, 0.3) is 11.0 Å². The smallest absolute Gasteiger partial charge is 0.328 e. The molecule has 8 heteroatoms. The van der Waals surface area contributed by atoms with Gasteiger partial charge in [0.15, 0.2) is 0 Å². The van der Waals surface area contributed by atoms with Crippen molar-refractivity contribution in [3.8, 4) is 0 Å². The molecule has 0 bridgehead atoms. The molecule has 1 unspecified atom stereocenters. The molecule has 0 fully saturated rings. The lowest BCUT2D eigenvalue weighted by Gasteiger charge is -2.12. The number of fused-ring (bicyclic) bond motifs is 1. The molecule has 6 nitrogen and oxygen atoms in total. The fourth-order valence-corrected chi connectivity index (χ4v) is 3.52. The van der Waals surface area contributed by atoms with E-state index in [9.17, 15) is 18.3 Å². The Kier molecular flexibility index (Phi) is 3.83. The van der Waals surface area contributed by atoms with Crippen molar-refractivity contribution in [1.82, 2.24) is 9.13 Å². The first-order valence-corrected chi connectivity index (χ1v) is 8.68. The van der Waals surface area contributed by atoms with Crippen LogP contribution in [0.3, 0.4) is 0 Å². The number of hydrogen-bond acceptors (Lipinski definition) is 4. The fourth-order valence-electron chi connectivity index (χ4n) is 2.17. The molecule has 1 heterocycles. The Morgan fingerprint density at radius 1 is 1.25 bits per heavy atom. The molecular formula is C12H15BrN2O4S. The third-order valence-corrected chi connectivity index (χ3v) is 4.82. The molecule has 1 atom stereocenters. The SMILES string of the molecule is Cn1c(=O)n(C)c2cc(C(O)CS(C)(=O)=O)c(Br)cc21. The van der Waals surface area contributed by atoms with E-state index < -0.39 is 15.9 Å². The van der Waals surface area contributed by atoms with E-state index >= 15 is 0 Å². The van der Waals surface area contributed by atoms with Crippen LogP contribution in [0.5, 0.6) is 0 Å². The van der Waals surface area contributed by atoms with Gasteiger partial charge in [0.05, 0.1) is 22.9 Å². The number of imidazole rings is 1. The summed E-state index contributed by atoms with van der Waals surface area (Å²) in [6.07, 6.45) is -0.0694. The summed E-state index contributed by atoms with van der Waals surface area (Å²) in [5, 5.41) is 10.1. The number of aromatic nitrogens is 2. The van der Waals surface area contributed by atoms with Crippen molar-refractivity contribution in [3.63, 3.8) is 0 Å². The van der Waals surface area contributed by atoms with Gasteiger partial charge in [-0.2, -0.15) is 0 Å². The summed E-state index contributed by atoms with van der Waals surface area (Å²) < 4.78 is 26.1. The van der Waals surface area contributed by atoms with Gasteiger partial charge in [0.1, 0.15) is 9.84 Å². The molecule has 2 aromatic rings. The molecule has 1 aromatic heterocycles. The molecule has 0 aliphatic heterocycles. The maximum absolute atomic E-state index is 11.9. The summed E-state index contributed by atoms with van der Waals surface area (Å²) in [7, 11) is -0.0125. The molecular weight excluding hydrogens is 348 g/mol. The van der Waals surface area contributed by atoms with Crippen LogP contribution >= 0.6 is 15.9 Å². The lowest BCUT2D eigenvalue weighted by molar-refractivity contribution is 0.201. The van der Waals surface area contributed by atoms with E-state index in [2.05, 4.69) is 15.9 Å². The third kappa shape index (κ3) is 2.68. The van der Waals surface area contributed by atoms with Crippen molar-refractivity contribution in [2.24, 2.45) is 14.1 Å². The Labute approximate surface area is 124 Å². The number of nitrogens with zero attached hydrogens (tertiary/aromatic N) is 2. The minimum Gasteiger partial charge on any atom is -0.387 e. The van der Waals surface area contributed by atoms with Crippen molar-refractivity contribution in [1.29, 1.82) is 0 Å². The van der Waals surface area contributed by atoms with Gasteiger partial charge in [-0.15, -0.1) is 0 Å². The monoisotopic (exact) mass is 362 g/mol. The largest absolute Gasteiger partial charge is 0.387 e. The Hall–Kier alpha value is -1.12. The van der Waals surface area contributed by atoms with Gasteiger partial charge in [-0.1, -0.05) is 15.9 Å². The van der Waals surface area contributed by atoms with Crippen molar-refractivity contribution < 1.29 is 13.5 Å². The first-order chi connectivity index (χ1) is 9.11. The lowest BCUT2D eigenvalue weighted by Crippen LogP contribution is -2.19. The summed E-state index contributed by atoms with van der Waals surface area (Å²) >= 11 is 3.31. The number of aliphatic hydroxyl groups is 1. The lowest BCUT2D eigenvalue weighted by atomic mass is 10.1. The number of aryl methyl sites for hydroxylation is 2. The maximum Gasteiger partial charge on any atom is 0.328 e. The van der Waals surface area contributed by atoms with Crippen LogP contribution in [-0.2, 0) is 23.9 Å². The maximum atomic E-state index is 11.9. The van der Waals surface area contributed by atoms with Crippen molar-refractivity contribution in [2.45, 2.75) is 6.10 Å². The van der Waals surface area contributed by atoms with Crippen molar-refractivity contribution in [3.05, 3.63) is 32.7 Å². The predicted molar refractivity (Wildman–Crippen MR) is 80.5 cm³/mol. The first-order valence-electron chi connectivity index (χ1n) is 5.82. The second kappa shape index (κ2) is 5.01. The molecule has 1 aromatic carbocycles. The summed E-state index contributed by atoms with van der Waals surface area (Å²) in [6, 6.07) is 3.34. The van der Waals surface area contributed by atoms with Gasteiger partial charge in [0.25, 0.3) is 0 Å². The zero-order valence-corrected chi connectivity index (χ0v) is 13.7. The van der Waals surface area contributed by atoms with E-state index in [0.29, 0.717) is 21.1 Å². The van der Waals surface area contributed by atoms with Gasteiger partial charge in [-0.05, 0) is 17.7 Å². The molecule has 0 aliphatic rings. The van der Waals surface area contributed by atoms with E-state index in [-0.39, 0.29) is 11.4 Å². The molecule has 0 amide bonds. The molecule has 0 spiro atoms. The standard InChI is InChI=1S/C12H15BrN2O4S/c1-14-9-4-7(11(16)6-20(3,18)19)8(13)5-10(9)15(2)12(14)17/h4-5,11,16H,6H2,1-3H3. The van der Waals surface area contributed by atoms with Gasteiger partial charge >= 0.3 is 5.69 Å². The van der Waals surface area contributed by atoms with Crippen LogP contribution in [0, 0.1) is 0 Å². The van der Waals surface area contributed by atoms with Gasteiger partial charge in [-0.3, -0.25) is 9.13 Å². The molecule has 110 valence electrons. The first kappa shape index (κ1) is 15.3. The van der Waals surface area contributed by atoms with Gasteiger partial charge in [0.2, 0.25) is 0 Å². The fraction of sp³-hybridized carbons (Fsp3) is 0.417. The highest BCUT2D eigenvalue weighted by Gasteiger charge is 2.19. The van der Waals surface area contributed by atoms with Crippen LogP contribution in [0.4, 0.5) is 0 Å². The minimum absolute atomic E-state index is 0.179. The normalized spacial score (nSPS) is 13.8. The van der Waals surface area contributed by atoms with Crippen LogP contribution in [0.15, 0.2) is 21.4 Å². The molecule has 0 radical (unpaired) electrons. The Balaban J connectivity index is 2.64. The number of benzene rings is 1. The second-order valence-corrected chi connectivity index (χ2v) is 7.91. The molecule has 0 saturated carbocycles. The van der Waals surface area contributed by atoms with Crippen LogP contribution in [0.2, 0.25) is 0 Å². The molecule has 1 N–H and O–H groups in total. The van der Waals surface area contributed by atoms with E-state index in [4.69, 9.17) is 0 Å². The van der Waals surface area contributed by atoms with Crippen molar-refractivity contribution in [2.75, 3.05) is 12.0 Å². The number of sulfone groups is 1. The van der Waals surface area contributed by atoms with E-state index in [1.807, 2.05) is 0 Å². The van der Waals surface area contributed by atoms with E-state index in [1.165, 1.54) is 9.13 Å². The van der Waals surface area contributed by atoms with E-state index in [1.54, 1.807) is 26.2 Å². The highest BCUT2D eigenvalue weighted by Crippen LogP contribution is 2.29. The van der Waals surface area contributed by atoms with Gasteiger partial charge in [0, 0.05) is 24.8 Å². The number of rotatable bonds is 3. The molecule has 20 heavy (non-hydrogen) atoms.